The lowest BCUT2D eigenvalue weighted by Crippen LogP contribution is -2.45. The Labute approximate surface area is 210 Å². The maximum absolute atomic E-state index is 14.5. The number of nitrogens with one attached hydrogen (secondary N) is 1. The van der Waals surface area contributed by atoms with Gasteiger partial charge in [-0.2, -0.15) is 0 Å². The van der Waals surface area contributed by atoms with Crippen LogP contribution < -0.4 is 10.9 Å². The van der Waals surface area contributed by atoms with Gasteiger partial charge in [-0.05, 0) is 42.5 Å². The van der Waals surface area contributed by atoms with Crippen molar-refractivity contribution in [2.45, 2.75) is 57.9 Å². The smallest absolute Gasteiger partial charge is 0.343 e. The highest BCUT2D eigenvalue weighted by Gasteiger charge is 2.49. The molecule has 1 aliphatic carbocycles. The standard InChI is InChI=1S/C27H26FN3O6/c1-13-6-15-16(10-29-23(33)4-5-32)17-11-31-22(24(17)30-21(15)8-20(13)28)7-19-18(25(31)34)12-37-26(35)27(19,36)9-14-2-3-14/h6-8,14,32,36H,2-5,9-12H2,1H3,(H,29,33)/t27-/m0/s1. The number of carbonyl (C=O) groups excluding carboxylic acids is 2. The van der Waals surface area contributed by atoms with E-state index in [9.17, 15) is 23.9 Å². The number of hydrogen-bond acceptors (Lipinski definition) is 7. The molecule has 4 heterocycles. The first-order chi connectivity index (χ1) is 17.7. The predicted octanol–water partition coefficient (Wildman–Crippen LogP) is 1.92. The van der Waals surface area contributed by atoms with Crippen LogP contribution in [0.3, 0.4) is 0 Å². The van der Waals surface area contributed by atoms with Crippen molar-refractivity contribution >= 4 is 22.8 Å². The average Bonchev–Trinajstić information content (AvgIpc) is 3.59. The molecule has 0 saturated heterocycles. The van der Waals surface area contributed by atoms with E-state index in [4.69, 9.17) is 14.8 Å². The Kier molecular flexibility index (Phi) is 5.43. The molecule has 10 heteroatoms. The molecule has 3 aliphatic rings. The van der Waals surface area contributed by atoms with Gasteiger partial charge in [-0.1, -0.05) is 12.8 Å². The van der Waals surface area contributed by atoms with Gasteiger partial charge in [-0.25, -0.2) is 14.2 Å². The molecular weight excluding hydrogens is 481 g/mol. The van der Waals surface area contributed by atoms with E-state index in [1.165, 1.54) is 10.6 Å². The minimum absolute atomic E-state index is 0.0567. The molecule has 0 spiro atoms. The maximum atomic E-state index is 14.5. The molecule has 2 aromatic heterocycles. The van der Waals surface area contributed by atoms with E-state index in [0.717, 1.165) is 12.8 Å². The third-order valence-corrected chi connectivity index (χ3v) is 7.66. The Balaban J connectivity index is 1.55. The number of carbonyl (C=O) groups is 2. The van der Waals surface area contributed by atoms with Gasteiger partial charge in [0.1, 0.15) is 12.4 Å². The number of cyclic esters (lactones) is 1. The summed E-state index contributed by atoms with van der Waals surface area (Å²) < 4.78 is 21.3. The van der Waals surface area contributed by atoms with Gasteiger partial charge >= 0.3 is 5.97 Å². The maximum Gasteiger partial charge on any atom is 0.343 e. The molecule has 3 aromatic rings. The molecule has 6 rings (SSSR count). The zero-order chi connectivity index (χ0) is 26.1. The fourth-order valence-electron chi connectivity index (χ4n) is 5.47. The van der Waals surface area contributed by atoms with Gasteiger partial charge in [0.2, 0.25) is 5.91 Å². The number of pyridine rings is 2. The number of aliphatic hydroxyl groups is 2. The normalized spacial score (nSPS) is 19.8. The monoisotopic (exact) mass is 507 g/mol. The number of aromatic nitrogens is 2. The van der Waals surface area contributed by atoms with Gasteiger partial charge in [0.15, 0.2) is 5.60 Å². The van der Waals surface area contributed by atoms with Crippen molar-refractivity contribution in [3.05, 3.63) is 62.2 Å². The van der Waals surface area contributed by atoms with Crippen LogP contribution in [0.4, 0.5) is 4.39 Å². The highest BCUT2D eigenvalue weighted by atomic mass is 19.1. The summed E-state index contributed by atoms with van der Waals surface area (Å²) >= 11 is 0. The molecule has 3 N–H and O–H groups in total. The minimum atomic E-state index is -1.91. The average molecular weight is 508 g/mol. The Hall–Kier alpha value is -3.63. The number of fused-ring (bicyclic) bond motifs is 5. The number of benzene rings is 1. The number of nitrogens with zero attached hydrogens (tertiary/aromatic N) is 2. The number of halogens is 1. The van der Waals surface area contributed by atoms with Crippen molar-refractivity contribution in [3.8, 4) is 11.4 Å². The van der Waals surface area contributed by atoms with E-state index in [1.807, 2.05) is 0 Å². The largest absolute Gasteiger partial charge is 0.458 e. The lowest BCUT2D eigenvalue weighted by Gasteiger charge is -2.32. The van der Waals surface area contributed by atoms with Crippen LogP contribution in [-0.4, -0.2) is 38.2 Å². The number of esters is 1. The second-order valence-electron chi connectivity index (χ2n) is 10.2. The molecule has 0 bridgehead atoms. The van der Waals surface area contributed by atoms with Crippen molar-refractivity contribution in [1.29, 1.82) is 0 Å². The topological polar surface area (TPSA) is 131 Å². The van der Waals surface area contributed by atoms with E-state index in [1.54, 1.807) is 19.1 Å². The summed E-state index contributed by atoms with van der Waals surface area (Å²) in [7, 11) is 0. The molecule has 0 unspecified atom stereocenters. The predicted molar refractivity (Wildman–Crippen MR) is 130 cm³/mol. The number of hydrogen-bond donors (Lipinski definition) is 3. The first kappa shape index (κ1) is 23.7. The Morgan fingerprint density at radius 1 is 1.27 bits per heavy atom. The van der Waals surface area contributed by atoms with E-state index in [-0.39, 0.29) is 67.7 Å². The number of aliphatic hydroxyl groups excluding tert-OH is 1. The summed E-state index contributed by atoms with van der Waals surface area (Å²) in [5.74, 6) is -1.35. The zero-order valence-electron chi connectivity index (χ0n) is 20.3. The van der Waals surface area contributed by atoms with Crippen molar-refractivity contribution < 1.29 is 28.9 Å². The highest BCUT2D eigenvalue weighted by Crippen LogP contribution is 2.45. The Morgan fingerprint density at radius 3 is 2.78 bits per heavy atom. The van der Waals surface area contributed by atoms with Gasteiger partial charge in [0, 0.05) is 35.5 Å². The fourth-order valence-corrected chi connectivity index (χ4v) is 5.47. The van der Waals surface area contributed by atoms with Gasteiger partial charge in [-0.3, -0.25) is 9.59 Å². The quantitative estimate of drug-likeness (QED) is 0.340. The van der Waals surface area contributed by atoms with Gasteiger partial charge < -0.3 is 24.8 Å². The summed E-state index contributed by atoms with van der Waals surface area (Å²) in [5.41, 5.74) is 1.22. The molecule has 1 aromatic carbocycles. The van der Waals surface area contributed by atoms with Crippen LogP contribution in [0.1, 0.15) is 53.5 Å². The molecule has 1 saturated carbocycles. The highest BCUT2D eigenvalue weighted by molar-refractivity contribution is 5.90. The van der Waals surface area contributed by atoms with Crippen molar-refractivity contribution in [2.24, 2.45) is 5.92 Å². The molecule has 1 fully saturated rings. The van der Waals surface area contributed by atoms with Crippen LogP contribution >= 0.6 is 0 Å². The van der Waals surface area contributed by atoms with Gasteiger partial charge in [-0.15, -0.1) is 0 Å². The van der Waals surface area contributed by atoms with Crippen LogP contribution in [0, 0.1) is 18.7 Å². The zero-order valence-corrected chi connectivity index (χ0v) is 20.3. The second kappa shape index (κ2) is 8.46. The van der Waals surface area contributed by atoms with Crippen molar-refractivity contribution in [2.75, 3.05) is 6.61 Å². The third kappa shape index (κ3) is 3.74. The lowest BCUT2D eigenvalue weighted by atomic mass is 9.84. The molecule has 192 valence electrons. The summed E-state index contributed by atoms with van der Waals surface area (Å²) in [5, 5.41) is 24.0. The summed E-state index contributed by atoms with van der Waals surface area (Å²) in [6.07, 6.45) is 1.94. The van der Waals surface area contributed by atoms with Crippen LogP contribution in [0.5, 0.6) is 0 Å². The number of ether oxygens (including phenoxy) is 1. The van der Waals surface area contributed by atoms with Crippen LogP contribution in [0.2, 0.25) is 0 Å². The van der Waals surface area contributed by atoms with E-state index < -0.39 is 17.4 Å². The number of rotatable bonds is 6. The SMILES string of the molecule is Cc1cc2c(CNC(=O)CCO)c3c(nc2cc1F)-c1cc2c(c(=O)n1C3)COC(=O)[C@]2(O)CC1CC1. The number of aryl methyl sites for hydroxylation is 1. The Morgan fingerprint density at radius 2 is 2.05 bits per heavy atom. The molecule has 1 atom stereocenters. The Bertz CT molecular complexity index is 1560. The number of amides is 1. The minimum Gasteiger partial charge on any atom is -0.458 e. The van der Waals surface area contributed by atoms with Gasteiger partial charge in [0.05, 0.1) is 35.6 Å². The third-order valence-electron chi connectivity index (χ3n) is 7.66. The first-order valence-electron chi connectivity index (χ1n) is 12.4. The van der Waals surface area contributed by atoms with Gasteiger partial charge in [0.25, 0.3) is 5.56 Å². The summed E-state index contributed by atoms with van der Waals surface area (Å²) in [6, 6.07) is 4.63. The first-order valence-corrected chi connectivity index (χ1v) is 12.4. The molecule has 37 heavy (non-hydrogen) atoms. The molecule has 1 amide bonds. The van der Waals surface area contributed by atoms with Crippen LogP contribution in [0.15, 0.2) is 23.0 Å². The summed E-state index contributed by atoms with van der Waals surface area (Å²) in [6.45, 7) is 1.39. The van der Waals surface area contributed by atoms with E-state index in [0.29, 0.717) is 39.0 Å². The molecular formula is C27H26FN3O6. The van der Waals surface area contributed by atoms with Crippen LogP contribution in [-0.2, 0) is 39.6 Å². The fraction of sp³-hybridized carbons (Fsp3) is 0.407. The van der Waals surface area contributed by atoms with Crippen LogP contribution in [0.25, 0.3) is 22.3 Å². The summed E-state index contributed by atoms with van der Waals surface area (Å²) in [4.78, 5) is 43.2. The molecule has 0 radical (unpaired) electrons. The molecule has 2 aliphatic heterocycles. The van der Waals surface area contributed by atoms with Crippen molar-refractivity contribution in [1.82, 2.24) is 14.9 Å². The molecule has 9 nitrogen and oxygen atoms in total. The van der Waals surface area contributed by atoms with E-state index >= 15 is 0 Å². The van der Waals surface area contributed by atoms with Crippen molar-refractivity contribution in [3.63, 3.8) is 0 Å². The lowest BCUT2D eigenvalue weighted by molar-refractivity contribution is -0.173. The second-order valence-corrected chi connectivity index (χ2v) is 10.2. The van der Waals surface area contributed by atoms with E-state index in [2.05, 4.69) is 5.32 Å².